The predicted octanol–water partition coefficient (Wildman–Crippen LogP) is 16.6. The molecule has 11 rings (SSSR count). The number of anilines is 3. The van der Waals surface area contributed by atoms with Crippen LogP contribution in [0.5, 0.6) is 0 Å². The minimum Gasteiger partial charge on any atom is -0.310 e. The smallest absolute Gasteiger partial charge is 0.0562 e. The predicted molar refractivity (Wildman–Crippen MR) is 263 cm³/mol. The molecule has 0 atom stereocenters. The van der Waals surface area contributed by atoms with Gasteiger partial charge in [0.15, 0.2) is 0 Å². The molecule has 0 aliphatic heterocycles. The first-order valence-electron chi connectivity index (χ1n) is 21.3. The molecule has 0 unspecified atom stereocenters. The zero-order valence-electron chi connectivity index (χ0n) is 34.1. The van der Waals surface area contributed by atoms with Crippen LogP contribution in [0.3, 0.4) is 0 Å². The van der Waals surface area contributed by atoms with Gasteiger partial charge in [-0.25, -0.2) is 0 Å². The van der Waals surface area contributed by atoms with Crippen molar-refractivity contribution in [1.29, 1.82) is 0 Å². The molecule has 0 saturated heterocycles. The Kier molecular flexibility index (Phi) is 9.57. The lowest BCUT2D eigenvalue weighted by atomic mass is 9.99. The van der Waals surface area contributed by atoms with Gasteiger partial charge in [-0.3, -0.25) is 0 Å². The fourth-order valence-corrected chi connectivity index (χ4v) is 8.91. The maximum atomic E-state index is 2.45. The third-order valence-corrected chi connectivity index (χ3v) is 12.0. The number of aromatic nitrogens is 1. The monoisotopic (exact) mass is 790 g/mol. The molecule has 10 aromatic carbocycles. The molecule has 0 saturated carbocycles. The Morgan fingerprint density at radius 1 is 0.242 bits per heavy atom. The van der Waals surface area contributed by atoms with E-state index in [0.29, 0.717) is 0 Å². The summed E-state index contributed by atoms with van der Waals surface area (Å²) in [4.78, 5) is 2.38. The van der Waals surface area contributed by atoms with Gasteiger partial charge in [0, 0.05) is 33.4 Å². The molecule has 11 aromatic rings. The Hall–Kier alpha value is -8.20. The van der Waals surface area contributed by atoms with E-state index in [4.69, 9.17) is 0 Å². The Labute approximate surface area is 362 Å². The first-order chi connectivity index (χ1) is 30.7. The van der Waals surface area contributed by atoms with Crippen molar-refractivity contribution in [3.05, 3.63) is 255 Å². The summed E-state index contributed by atoms with van der Waals surface area (Å²) in [6.45, 7) is 0. The lowest BCUT2D eigenvalue weighted by Gasteiger charge is -2.26. The van der Waals surface area contributed by atoms with Gasteiger partial charge in [-0.05, 0) is 98.6 Å². The highest BCUT2D eigenvalue weighted by atomic mass is 15.1. The van der Waals surface area contributed by atoms with Crippen LogP contribution in [0.15, 0.2) is 255 Å². The van der Waals surface area contributed by atoms with E-state index < -0.39 is 0 Å². The second-order valence-corrected chi connectivity index (χ2v) is 15.8. The van der Waals surface area contributed by atoms with Crippen molar-refractivity contribution in [3.63, 3.8) is 0 Å². The molecule has 0 bridgehead atoms. The van der Waals surface area contributed by atoms with Gasteiger partial charge in [-0.1, -0.05) is 206 Å². The van der Waals surface area contributed by atoms with Gasteiger partial charge >= 0.3 is 0 Å². The van der Waals surface area contributed by atoms with Gasteiger partial charge in [0.25, 0.3) is 0 Å². The average molecular weight is 791 g/mol. The lowest BCUT2D eigenvalue weighted by molar-refractivity contribution is 1.18. The molecular weight excluding hydrogens is 749 g/mol. The van der Waals surface area contributed by atoms with E-state index in [0.717, 1.165) is 28.3 Å². The summed E-state index contributed by atoms with van der Waals surface area (Å²) in [5.41, 5.74) is 18.7. The fraction of sp³-hybridized carbons (Fsp3) is 0. The Morgan fingerprint density at radius 3 is 1.10 bits per heavy atom. The third kappa shape index (κ3) is 6.94. The van der Waals surface area contributed by atoms with Crippen LogP contribution < -0.4 is 4.90 Å². The lowest BCUT2D eigenvalue weighted by Crippen LogP contribution is -2.10. The summed E-state index contributed by atoms with van der Waals surface area (Å²) in [6.07, 6.45) is 0. The summed E-state index contributed by atoms with van der Waals surface area (Å²) in [5, 5.41) is 2.44. The number of benzene rings is 10. The first-order valence-corrected chi connectivity index (χ1v) is 21.3. The second kappa shape index (κ2) is 16.1. The Bertz CT molecular complexity index is 3280. The average Bonchev–Trinajstić information content (AvgIpc) is 3.69. The van der Waals surface area contributed by atoms with E-state index in [1.54, 1.807) is 0 Å². The van der Waals surface area contributed by atoms with E-state index in [-0.39, 0.29) is 0 Å². The molecule has 0 spiro atoms. The first kappa shape index (κ1) is 36.8. The van der Waals surface area contributed by atoms with Crippen LogP contribution >= 0.6 is 0 Å². The number of hydrogen-bond donors (Lipinski definition) is 0. The molecule has 1 aromatic heterocycles. The van der Waals surface area contributed by atoms with Crippen molar-refractivity contribution >= 4 is 38.9 Å². The molecule has 0 amide bonds. The summed E-state index contributed by atoms with van der Waals surface area (Å²) in [6, 6.07) is 92.0. The topological polar surface area (TPSA) is 8.17 Å². The van der Waals surface area contributed by atoms with Crippen LogP contribution in [-0.2, 0) is 0 Å². The largest absolute Gasteiger partial charge is 0.310 e. The van der Waals surface area contributed by atoms with Crippen LogP contribution in [0.2, 0.25) is 0 Å². The highest BCUT2D eigenvalue weighted by Gasteiger charge is 2.19. The van der Waals surface area contributed by atoms with Gasteiger partial charge in [0.2, 0.25) is 0 Å². The normalized spacial score (nSPS) is 11.2. The molecule has 62 heavy (non-hydrogen) atoms. The number of para-hydroxylation sites is 2. The molecule has 0 aliphatic carbocycles. The molecule has 0 N–H and O–H groups in total. The van der Waals surface area contributed by atoms with Crippen molar-refractivity contribution in [2.24, 2.45) is 0 Å². The molecule has 0 fully saturated rings. The summed E-state index contributed by atoms with van der Waals surface area (Å²) in [7, 11) is 0. The summed E-state index contributed by atoms with van der Waals surface area (Å²) < 4.78 is 2.45. The van der Waals surface area contributed by atoms with Gasteiger partial charge in [-0.15, -0.1) is 0 Å². The van der Waals surface area contributed by atoms with Crippen molar-refractivity contribution in [1.82, 2.24) is 4.57 Å². The third-order valence-electron chi connectivity index (χ3n) is 12.0. The van der Waals surface area contributed by atoms with E-state index in [1.165, 1.54) is 71.9 Å². The summed E-state index contributed by atoms with van der Waals surface area (Å²) >= 11 is 0. The highest BCUT2D eigenvalue weighted by molar-refractivity contribution is 6.11. The zero-order chi connectivity index (χ0) is 41.2. The van der Waals surface area contributed by atoms with Crippen molar-refractivity contribution in [2.45, 2.75) is 0 Å². The maximum absolute atomic E-state index is 2.45. The SMILES string of the molecule is c1ccc(-c2ccc(-c3ccc(N(c4ccc(-c5ccccc5)cc4)c4ccc5c6ccccc6n(-c6ccccc6-c6ccc(-c7ccccc7)cc6)c5c4)cc3)cc2)cc1. The van der Waals surface area contributed by atoms with Crippen LogP contribution in [0.4, 0.5) is 17.1 Å². The minimum atomic E-state index is 1.08. The minimum absolute atomic E-state index is 1.08. The van der Waals surface area contributed by atoms with Crippen molar-refractivity contribution < 1.29 is 0 Å². The standard InChI is InChI=1S/C60H42N2/c1-4-14-43(15-5-1)46-24-26-48(27-25-46)50-34-38-53(39-35-50)61(52-36-32-49(33-37-52)45-18-8-3-9-19-45)54-40-41-57-56-21-11-13-23-59(56)62(60(57)42-54)58-22-12-10-20-55(58)51-30-28-47(29-31-51)44-16-6-2-7-17-44/h1-42H. The van der Waals surface area contributed by atoms with Crippen molar-refractivity contribution in [3.8, 4) is 61.3 Å². The molecule has 292 valence electrons. The van der Waals surface area contributed by atoms with Crippen molar-refractivity contribution in [2.75, 3.05) is 4.90 Å². The molecule has 1 heterocycles. The number of rotatable bonds is 9. The van der Waals surface area contributed by atoms with E-state index >= 15 is 0 Å². The number of hydrogen-bond acceptors (Lipinski definition) is 1. The fourth-order valence-electron chi connectivity index (χ4n) is 8.91. The van der Waals surface area contributed by atoms with E-state index in [1.807, 2.05) is 0 Å². The molecule has 2 nitrogen and oxygen atoms in total. The Morgan fingerprint density at radius 2 is 0.597 bits per heavy atom. The van der Waals surface area contributed by atoms with Crippen LogP contribution in [0.1, 0.15) is 0 Å². The second-order valence-electron chi connectivity index (χ2n) is 15.8. The van der Waals surface area contributed by atoms with Crippen LogP contribution in [-0.4, -0.2) is 4.57 Å². The zero-order valence-corrected chi connectivity index (χ0v) is 34.1. The van der Waals surface area contributed by atoms with Gasteiger partial charge < -0.3 is 9.47 Å². The molecular formula is C60H42N2. The maximum Gasteiger partial charge on any atom is 0.0562 e. The summed E-state index contributed by atoms with van der Waals surface area (Å²) in [5.74, 6) is 0. The number of fused-ring (bicyclic) bond motifs is 3. The van der Waals surface area contributed by atoms with Crippen LogP contribution in [0.25, 0.3) is 83.1 Å². The van der Waals surface area contributed by atoms with Gasteiger partial charge in [0.1, 0.15) is 0 Å². The van der Waals surface area contributed by atoms with E-state index in [9.17, 15) is 0 Å². The van der Waals surface area contributed by atoms with E-state index in [2.05, 4.69) is 264 Å². The quantitative estimate of drug-likeness (QED) is 0.141. The highest BCUT2D eigenvalue weighted by Crippen LogP contribution is 2.42. The molecule has 0 radical (unpaired) electrons. The molecule has 2 heteroatoms. The Balaban J connectivity index is 1.03. The van der Waals surface area contributed by atoms with Gasteiger partial charge in [-0.2, -0.15) is 0 Å². The molecule has 0 aliphatic rings. The number of nitrogens with zero attached hydrogens (tertiary/aromatic N) is 2. The van der Waals surface area contributed by atoms with Gasteiger partial charge in [0.05, 0.1) is 16.7 Å². The van der Waals surface area contributed by atoms with Crippen LogP contribution in [0, 0.1) is 0 Å².